The van der Waals surface area contributed by atoms with Crippen molar-refractivity contribution >= 4 is 28.4 Å². The fraction of sp³-hybridized carbons (Fsp3) is 0.158. The van der Waals surface area contributed by atoms with Gasteiger partial charge in [-0.1, -0.05) is 6.07 Å². The lowest BCUT2D eigenvalue weighted by molar-refractivity contribution is -0.386. The van der Waals surface area contributed by atoms with Crippen molar-refractivity contribution < 1.29 is 14.8 Å². The molecule has 2 N–H and O–H groups in total. The fourth-order valence-electron chi connectivity index (χ4n) is 2.67. The second-order valence-electron chi connectivity index (χ2n) is 5.85. The summed E-state index contributed by atoms with van der Waals surface area (Å²) in [4.78, 5) is 18.0. The fourth-order valence-corrected chi connectivity index (χ4v) is 2.67. The van der Waals surface area contributed by atoms with Crippen LogP contribution in [0.15, 0.2) is 30.3 Å². The van der Waals surface area contributed by atoms with Crippen molar-refractivity contribution in [1.82, 2.24) is 9.97 Å². The van der Waals surface area contributed by atoms with E-state index in [1.807, 2.05) is 25.1 Å². The monoisotopic (exact) mass is 364 g/mol. The van der Waals surface area contributed by atoms with E-state index < -0.39 is 16.4 Å². The number of nitrogens with one attached hydrogen (secondary N) is 1. The minimum absolute atomic E-state index is 0.0181. The maximum absolute atomic E-state index is 11.2. The molecule has 8 heteroatoms. The number of H-pyrrole nitrogens is 1. The molecule has 1 aromatic heterocycles. The molecule has 0 fully saturated rings. The summed E-state index contributed by atoms with van der Waals surface area (Å²) < 4.78 is 5.26. The highest BCUT2D eigenvalue weighted by atomic mass is 16.6. The van der Waals surface area contributed by atoms with Crippen LogP contribution in [0.3, 0.4) is 0 Å². The Morgan fingerprint density at radius 2 is 2.22 bits per heavy atom. The van der Waals surface area contributed by atoms with Crippen molar-refractivity contribution in [3.8, 4) is 17.6 Å². The molecule has 3 aromatic rings. The number of aryl methyl sites for hydroxylation is 1. The minimum atomic E-state index is -0.703. The molecule has 0 bridgehead atoms. The quantitative estimate of drug-likeness (QED) is 0.401. The van der Waals surface area contributed by atoms with Crippen molar-refractivity contribution in [1.29, 1.82) is 5.26 Å². The van der Waals surface area contributed by atoms with Gasteiger partial charge >= 0.3 is 5.69 Å². The Morgan fingerprint density at radius 1 is 1.44 bits per heavy atom. The molecule has 0 unspecified atom stereocenters. The van der Waals surface area contributed by atoms with Crippen molar-refractivity contribution in [2.75, 3.05) is 6.61 Å². The molecule has 0 saturated heterocycles. The number of benzene rings is 2. The summed E-state index contributed by atoms with van der Waals surface area (Å²) in [5.74, 6) is -0.209. The van der Waals surface area contributed by atoms with Gasteiger partial charge in [0.25, 0.3) is 0 Å². The number of ether oxygens (including phenoxy) is 1. The Bertz CT molecular complexity index is 1110. The topological polar surface area (TPSA) is 125 Å². The van der Waals surface area contributed by atoms with Crippen LogP contribution in [0.1, 0.15) is 23.9 Å². The van der Waals surface area contributed by atoms with Gasteiger partial charge in [-0.25, -0.2) is 4.98 Å². The standard InChI is InChI=1S/C19H16N4O4/c1-3-27-17-9-12(8-16(18(17)24)23(25)26)7-13(10-20)19-21-14-5-4-11(2)6-15(14)22-19/h4-9,24H,3H2,1-2H3,(H,21,22). The molecule has 0 saturated carbocycles. The van der Waals surface area contributed by atoms with Crippen LogP contribution < -0.4 is 4.74 Å². The van der Waals surface area contributed by atoms with Gasteiger partial charge in [0.05, 0.1) is 28.1 Å². The van der Waals surface area contributed by atoms with E-state index in [9.17, 15) is 20.5 Å². The highest BCUT2D eigenvalue weighted by Crippen LogP contribution is 2.38. The number of rotatable bonds is 5. The predicted octanol–water partition coefficient (Wildman–Crippen LogP) is 3.95. The van der Waals surface area contributed by atoms with Crippen LogP contribution in [0.2, 0.25) is 0 Å². The molecule has 0 radical (unpaired) electrons. The number of phenolic OH excluding ortho intramolecular Hbond substituents is 1. The van der Waals surface area contributed by atoms with E-state index in [0.717, 1.165) is 11.1 Å². The third kappa shape index (κ3) is 3.57. The minimum Gasteiger partial charge on any atom is -0.500 e. The van der Waals surface area contributed by atoms with Gasteiger partial charge in [-0.3, -0.25) is 10.1 Å². The van der Waals surface area contributed by atoms with Gasteiger partial charge in [0.1, 0.15) is 11.9 Å². The van der Waals surface area contributed by atoms with Crippen LogP contribution in [0.5, 0.6) is 11.5 Å². The van der Waals surface area contributed by atoms with Gasteiger partial charge in [0.15, 0.2) is 5.75 Å². The Labute approximate surface area is 154 Å². The lowest BCUT2D eigenvalue weighted by Gasteiger charge is -2.07. The zero-order valence-electron chi connectivity index (χ0n) is 14.7. The lowest BCUT2D eigenvalue weighted by Crippen LogP contribution is -1.96. The normalized spacial score (nSPS) is 11.4. The van der Waals surface area contributed by atoms with E-state index in [-0.39, 0.29) is 17.9 Å². The van der Waals surface area contributed by atoms with Crippen LogP contribution in [-0.2, 0) is 0 Å². The number of aromatic hydroxyl groups is 1. The summed E-state index contributed by atoms with van der Waals surface area (Å²) in [6.45, 7) is 3.88. The second-order valence-corrected chi connectivity index (χ2v) is 5.85. The molecule has 0 aliphatic heterocycles. The zero-order valence-corrected chi connectivity index (χ0v) is 14.7. The van der Waals surface area contributed by atoms with E-state index in [1.165, 1.54) is 18.2 Å². The average molecular weight is 364 g/mol. The van der Waals surface area contributed by atoms with Gasteiger partial charge in [-0.15, -0.1) is 0 Å². The van der Waals surface area contributed by atoms with Crippen molar-refractivity contribution in [3.63, 3.8) is 0 Å². The summed E-state index contributed by atoms with van der Waals surface area (Å²) in [5, 5.41) is 30.7. The smallest absolute Gasteiger partial charge is 0.315 e. The third-order valence-electron chi connectivity index (χ3n) is 3.90. The summed E-state index contributed by atoms with van der Waals surface area (Å²) in [5.41, 5.74) is 2.60. The van der Waals surface area contributed by atoms with E-state index in [1.54, 1.807) is 6.92 Å². The van der Waals surface area contributed by atoms with Gasteiger partial charge in [-0.05, 0) is 49.2 Å². The number of hydrogen-bond acceptors (Lipinski definition) is 6. The molecule has 27 heavy (non-hydrogen) atoms. The Kier molecular flexibility index (Phi) is 4.77. The van der Waals surface area contributed by atoms with Crippen LogP contribution in [-0.4, -0.2) is 26.6 Å². The summed E-state index contributed by atoms with van der Waals surface area (Å²) >= 11 is 0. The van der Waals surface area contributed by atoms with Crippen molar-refractivity contribution in [2.45, 2.75) is 13.8 Å². The maximum atomic E-state index is 11.2. The van der Waals surface area contributed by atoms with E-state index in [2.05, 4.69) is 16.0 Å². The molecular formula is C19H16N4O4. The number of imidazole rings is 1. The first-order chi connectivity index (χ1) is 12.9. The Hall–Kier alpha value is -3.86. The number of nitro groups is 1. The molecule has 0 amide bonds. The van der Waals surface area contributed by atoms with Crippen molar-refractivity contribution in [3.05, 3.63) is 57.4 Å². The van der Waals surface area contributed by atoms with Gasteiger partial charge in [0, 0.05) is 6.07 Å². The molecule has 1 heterocycles. The molecule has 2 aromatic carbocycles. The SMILES string of the molecule is CCOc1cc(C=C(C#N)c2nc3ccc(C)cc3[nH]2)cc([N+](=O)[O-])c1O. The molecule has 0 aliphatic rings. The van der Waals surface area contributed by atoms with Crippen LogP contribution in [0.25, 0.3) is 22.7 Å². The molecule has 8 nitrogen and oxygen atoms in total. The molecule has 3 rings (SSSR count). The first kappa shape index (κ1) is 17.9. The number of nitriles is 1. The second kappa shape index (κ2) is 7.17. The molecule has 136 valence electrons. The molecule has 0 spiro atoms. The number of nitrogens with zero attached hydrogens (tertiary/aromatic N) is 3. The third-order valence-corrected chi connectivity index (χ3v) is 3.90. The largest absolute Gasteiger partial charge is 0.500 e. The Balaban J connectivity index is 2.11. The van der Waals surface area contributed by atoms with Crippen LogP contribution >= 0.6 is 0 Å². The molecular weight excluding hydrogens is 348 g/mol. The number of allylic oxidation sites excluding steroid dienone is 1. The van der Waals surface area contributed by atoms with Crippen LogP contribution in [0, 0.1) is 28.4 Å². The number of nitro benzene ring substituents is 1. The lowest BCUT2D eigenvalue weighted by atomic mass is 10.1. The number of aromatic nitrogens is 2. The van der Waals surface area contributed by atoms with Gasteiger partial charge < -0.3 is 14.8 Å². The van der Waals surface area contributed by atoms with E-state index in [0.29, 0.717) is 16.9 Å². The average Bonchev–Trinajstić information content (AvgIpc) is 3.04. The van der Waals surface area contributed by atoms with Gasteiger partial charge in [0.2, 0.25) is 5.75 Å². The summed E-state index contributed by atoms with van der Waals surface area (Å²) in [7, 11) is 0. The molecule has 0 atom stereocenters. The molecule has 0 aliphatic carbocycles. The number of fused-ring (bicyclic) bond motifs is 1. The summed E-state index contributed by atoms with van der Waals surface area (Å²) in [6, 6.07) is 10.4. The van der Waals surface area contributed by atoms with Gasteiger partial charge in [-0.2, -0.15) is 5.26 Å². The summed E-state index contributed by atoms with van der Waals surface area (Å²) in [6.07, 6.45) is 1.46. The maximum Gasteiger partial charge on any atom is 0.315 e. The zero-order chi connectivity index (χ0) is 19.6. The number of hydrogen-bond donors (Lipinski definition) is 2. The number of phenols is 1. The van der Waals surface area contributed by atoms with Crippen LogP contribution in [0.4, 0.5) is 5.69 Å². The first-order valence-electron chi connectivity index (χ1n) is 8.15. The predicted molar refractivity (Wildman–Crippen MR) is 100 cm³/mol. The highest BCUT2D eigenvalue weighted by molar-refractivity contribution is 5.91. The van der Waals surface area contributed by atoms with E-state index >= 15 is 0 Å². The van der Waals surface area contributed by atoms with Crippen molar-refractivity contribution in [2.24, 2.45) is 0 Å². The Morgan fingerprint density at radius 3 is 2.89 bits per heavy atom. The van der Waals surface area contributed by atoms with E-state index in [4.69, 9.17) is 4.74 Å². The first-order valence-corrected chi connectivity index (χ1v) is 8.15. The number of aromatic amines is 1. The highest BCUT2D eigenvalue weighted by Gasteiger charge is 2.20.